The molecule has 1 aromatic heterocycles. The third-order valence-corrected chi connectivity index (χ3v) is 4.91. The van der Waals surface area contributed by atoms with Crippen LogP contribution in [0.25, 0.3) is 16.9 Å². The highest BCUT2D eigenvalue weighted by atomic mass is 79.9. The van der Waals surface area contributed by atoms with E-state index in [1.807, 2.05) is 58.5 Å². The molecule has 0 aliphatic heterocycles. The highest BCUT2D eigenvalue weighted by molar-refractivity contribution is 8.93. The maximum absolute atomic E-state index is 13.3. The van der Waals surface area contributed by atoms with E-state index >= 15 is 0 Å². The summed E-state index contributed by atoms with van der Waals surface area (Å²) in [6.45, 7) is 0. The van der Waals surface area contributed by atoms with Gasteiger partial charge in [0.2, 0.25) is 0 Å². The molecule has 0 unspecified atom stereocenters. The van der Waals surface area contributed by atoms with Gasteiger partial charge in [-0.25, -0.2) is 4.39 Å². The summed E-state index contributed by atoms with van der Waals surface area (Å²) in [5, 5.41) is 1.93. The molecule has 0 aliphatic carbocycles. The van der Waals surface area contributed by atoms with Gasteiger partial charge in [-0.15, -0.1) is 28.3 Å². The number of carbonyl (C=O) groups excluding carboxylic acids is 1. The zero-order chi connectivity index (χ0) is 18.6. The molecule has 0 aliphatic rings. The van der Waals surface area contributed by atoms with E-state index in [1.165, 1.54) is 23.5 Å². The van der Waals surface area contributed by atoms with Crippen LogP contribution in [0.4, 0.5) is 4.39 Å². The summed E-state index contributed by atoms with van der Waals surface area (Å²) < 4.78 is 15.2. The minimum Gasteiger partial charge on any atom is -0.285 e. The second-order valence-electron chi connectivity index (χ2n) is 5.86. The second-order valence-corrected chi connectivity index (χ2v) is 6.70. The van der Waals surface area contributed by atoms with Crippen molar-refractivity contribution in [2.75, 3.05) is 0 Å². The summed E-state index contributed by atoms with van der Waals surface area (Å²) in [5.74, 6) is -0.586. The van der Waals surface area contributed by atoms with E-state index in [-0.39, 0.29) is 28.7 Å². The quantitative estimate of drug-likeness (QED) is 0.392. The van der Waals surface area contributed by atoms with E-state index in [0.717, 1.165) is 16.9 Å². The molecule has 0 saturated heterocycles. The average molecular weight is 455 g/mol. The Kier molecular flexibility index (Phi) is 6.34. The lowest BCUT2D eigenvalue weighted by atomic mass is 10.1. The number of rotatable bonds is 3. The smallest absolute Gasteiger partial charge is 0.279 e. The molecule has 4 aromatic rings. The monoisotopic (exact) mass is 454 g/mol. The van der Waals surface area contributed by atoms with E-state index in [0.29, 0.717) is 10.4 Å². The summed E-state index contributed by atoms with van der Waals surface area (Å²) in [7, 11) is 0. The average Bonchev–Trinajstić information content (AvgIpc) is 3.13. The van der Waals surface area contributed by atoms with E-state index in [1.54, 1.807) is 24.3 Å². The highest BCUT2D eigenvalue weighted by Crippen LogP contribution is 2.23. The summed E-state index contributed by atoms with van der Waals surface area (Å²) in [4.78, 5) is 17.5. The van der Waals surface area contributed by atoms with Gasteiger partial charge in [0.25, 0.3) is 5.91 Å². The number of amides is 1. The van der Waals surface area contributed by atoms with Crippen molar-refractivity contribution in [3.8, 4) is 16.9 Å². The van der Waals surface area contributed by atoms with E-state index in [4.69, 9.17) is 0 Å². The number of halogens is 2. The van der Waals surface area contributed by atoms with Crippen molar-refractivity contribution in [3.63, 3.8) is 0 Å². The topological polar surface area (TPSA) is 34.4 Å². The van der Waals surface area contributed by atoms with Gasteiger partial charge in [-0.1, -0.05) is 36.4 Å². The first-order valence-electron chi connectivity index (χ1n) is 8.38. The van der Waals surface area contributed by atoms with E-state index in [9.17, 15) is 9.18 Å². The number of para-hydroxylation sites is 1. The van der Waals surface area contributed by atoms with Gasteiger partial charge in [-0.3, -0.25) is 9.36 Å². The summed E-state index contributed by atoms with van der Waals surface area (Å²) in [5.41, 5.74) is 3.13. The van der Waals surface area contributed by atoms with Gasteiger partial charge < -0.3 is 0 Å². The molecular formula is C22H16BrFN2OS. The van der Waals surface area contributed by atoms with Crippen molar-refractivity contribution in [2.24, 2.45) is 4.99 Å². The van der Waals surface area contributed by atoms with Crippen LogP contribution in [0.5, 0.6) is 0 Å². The van der Waals surface area contributed by atoms with Crippen molar-refractivity contribution < 1.29 is 9.18 Å². The number of benzene rings is 3. The number of hydrogen-bond donors (Lipinski definition) is 0. The first-order chi connectivity index (χ1) is 13.2. The molecule has 0 bridgehead atoms. The number of aromatic nitrogens is 1. The lowest BCUT2D eigenvalue weighted by Gasteiger charge is -2.09. The van der Waals surface area contributed by atoms with Gasteiger partial charge in [-0.05, 0) is 54.1 Å². The molecule has 0 N–H and O–H groups in total. The molecule has 3 nitrogen and oxygen atoms in total. The number of carbonyl (C=O) groups is 1. The molecule has 0 fully saturated rings. The lowest BCUT2D eigenvalue weighted by Crippen LogP contribution is -2.16. The van der Waals surface area contributed by atoms with Gasteiger partial charge in [0.15, 0.2) is 4.80 Å². The third-order valence-electron chi connectivity index (χ3n) is 4.08. The molecule has 0 spiro atoms. The van der Waals surface area contributed by atoms with E-state index < -0.39 is 0 Å². The Morgan fingerprint density at radius 3 is 2.11 bits per heavy atom. The predicted molar refractivity (Wildman–Crippen MR) is 116 cm³/mol. The molecule has 0 atom stereocenters. The first kappa shape index (κ1) is 19.9. The predicted octanol–water partition coefficient (Wildman–Crippen LogP) is 5.66. The largest absolute Gasteiger partial charge is 0.285 e. The number of nitrogens with zero attached hydrogens (tertiary/aromatic N) is 2. The Hall–Kier alpha value is -2.83. The Morgan fingerprint density at radius 2 is 1.46 bits per heavy atom. The van der Waals surface area contributed by atoms with Crippen molar-refractivity contribution >= 4 is 34.2 Å². The number of hydrogen-bond acceptors (Lipinski definition) is 2. The van der Waals surface area contributed by atoms with Crippen molar-refractivity contribution in [1.82, 2.24) is 4.57 Å². The molecule has 140 valence electrons. The molecule has 0 saturated carbocycles. The van der Waals surface area contributed by atoms with Crippen LogP contribution in [0.3, 0.4) is 0 Å². The Bertz CT molecular complexity index is 1140. The lowest BCUT2D eigenvalue weighted by molar-refractivity contribution is 0.0998. The van der Waals surface area contributed by atoms with Crippen LogP contribution in [-0.4, -0.2) is 10.5 Å². The standard InChI is InChI=1S/C22H15FN2OS.BrH/c23-18-13-11-16(12-14-18)20-15-27-22(25(20)19-9-5-2-6-10-19)24-21(26)17-7-3-1-4-8-17;/h1-15H;1H. The minimum atomic E-state index is -0.298. The van der Waals surface area contributed by atoms with Crippen molar-refractivity contribution in [2.45, 2.75) is 0 Å². The fraction of sp³-hybridized carbons (Fsp3) is 0. The Balaban J connectivity index is 0.00000225. The minimum absolute atomic E-state index is 0. The SMILES string of the molecule is Br.O=C(N=c1scc(-c2ccc(F)cc2)n1-c1ccccc1)c1ccccc1. The molecular weight excluding hydrogens is 439 g/mol. The van der Waals surface area contributed by atoms with Gasteiger partial charge in [-0.2, -0.15) is 4.99 Å². The zero-order valence-electron chi connectivity index (χ0n) is 14.7. The second kappa shape index (κ2) is 8.91. The maximum atomic E-state index is 13.3. The van der Waals surface area contributed by atoms with Crippen LogP contribution in [0.2, 0.25) is 0 Å². The van der Waals surface area contributed by atoms with Gasteiger partial charge in [0.1, 0.15) is 5.82 Å². The van der Waals surface area contributed by atoms with Crippen LogP contribution in [0, 0.1) is 5.82 Å². The number of thiazole rings is 1. The fourth-order valence-electron chi connectivity index (χ4n) is 2.77. The Labute approximate surface area is 176 Å². The van der Waals surface area contributed by atoms with Crippen LogP contribution < -0.4 is 4.80 Å². The van der Waals surface area contributed by atoms with Crippen LogP contribution in [0.15, 0.2) is 95.3 Å². The molecule has 6 heteroatoms. The first-order valence-corrected chi connectivity index (χ1v) is 9.26. The summed E-state index contributed by atoms with van der Waals surface area (Å²) >= 11 is 1.37. The van der Waals surface area contributed by atoms with Crippen molar-refractivity contribution in [3.05, 3.63) is 106 Å². The normalized spacial score (nSPS) is 11.1. The summed E-state index contributed by atoms with van der Waals surface area (Å²) in [6, 6.07) is 24.9. The molecule has 4 rings (SSSR count). The summed E-state index contributed by atoms with van der Waals surface area (Å²) in [6.07, 6.45) is 0. The maximum Gasteiger partial charge on any atom is 0.279 e. The third kappa shape index (κ3) is 4.18. The van der Waals surface area contributed by atoms with Gasteiger partial charge >= 0.3 is 0 Å². The van der Waals surface area contributed by atoms with Crippen LogP contribution in [0.1, 0.15) is 10.4 Å². The zero-order valence-corrected chi connectivity index (χ0v) is 17.2. The molecule has 0 radical (unpaired) electrons. The highest BCUT2D eigenvalue weighted by Gasteiger charge is 2.12. The van der Waals surface area contributed by atoms with Crippen LogP contribution >= 0.6 is 28.3 Å². The van der Waals surface area contributed by atoms with Crippen molar-refractivity contribution in [1.29, 1.82) is 0 Å². The fourth-order valence-corrected chi connectivity index (χ4v) is 3.67. The molecule has 3 aromatic carbocycles. The van der Waals surface area contributed by atoms with Crippen LogP contribution in [-0.2, 0) is 0 Å². The van der Waals surface area contributed by atoms with Gasteiger partial charge in [0.05, 0.1) is 5.69 Å². The molecule has 28 heavy (non-hydrogen) atoms. The van der Waals surface area contributed by atoms with Gasteiger partial charge in [0, 0.05) is 16.6 Å². The molecule has 1 heterocycles. The van der Waals surface area contributed by atoms with E-state index in [2.05, 4.69) is 4.99 Å². The Morgan fingerprint density at radius 1 is 0.857 bits per heavy atom. The molecule has 1 amide bonds.